The number of methoxy groups -OCH3 is 1. The zero-order valence-electron chi connectivity index (χ0n) is 6.55. The van der Waals surface area contributed by atoms with E-state index in [1.807, 2.05) is 6.26 Å². The van der Waals surface area contributed by atoms with Gasteiger partial charge in [0.1, 0.15) is 10.5 Å². The molecule has 0 spiro atoms. The highest BCUT2D eigenvalue weighted by molar-refractivity contribution is 8.00. The SMILES string of the molecule is COC(=O)C1(SC)CC(=O)C1. The Kier molecular flexibility index (Phi) is 2.23. The molecule has 11 heavy (non-hydrogen) atoms. The second-order valence-corrected chi connectivity index (χ2v) is 3.77. The van der Waals surface area contributed by atoms with Gasteiger partial charge in [0.2, 0.25) is 0 Å². The summed E-state index contributed by atoms with van der Waals surface area (Å²) >= 11 is 1.40. The first kappa shape index (κ1) is 8.59. The van der Waals surface area contributed by atoms with Crippen LogP contribution in [0, 0.1) is 0 Å². The molecule has 0 unspecified atom stereocenters. The van der Waals surface area contributed by atoms with Crippen molar-refractivity contribution in [2.75, 3.05) is 13.4 Å². The monoisotopic (exact) mass is 174 g/mol. The van der Waals surface area contributed by atoms with Crippen molar-refractivity contribution in [1.82, 2.24) is 0 Å². The van der Waals surface area contributed by atoms with Gasteiger partial charge in [-0.05, 0) is 6.26 Å². The molecule has 62 valence electrons. The molecule has 0 bridgehead atoms. The summed E-state index contributed by atoms with van der Waals surface area (Å²) in [5.74, 6) is -0.130. The molecule has 0 aromatic carbocycles. The fourth-order valence-corrected chi connectivity index (χ4v) is 2.00. The van der Waals surface area contributed by atoms with E-state index in [9.17, 15) is 9.59 Å². The van der Waals surface area contributed by atoms with Gasteiger partial charge < -0.3 is 4.74 Å². The molecule has 0 aliphatic heterocycles. The number of hydrogen-bond donors (Lipinski definition) is 0. The summed E-state index contributed by atoms with van der Waals surface area (Å²) in [5, 5.41) is 0. The molecular weight excluding hydrogens is 164 g/mol. The van der Waals surface area contributed by atoms with Gasteiger partial charge in [-0.2, -0.15) is 0 Å². The molecule has 0 atom stereocenters. The van der Waals surface area contributed by atoms with Crippen LogP contribution in [0.3, 0.4) is 0 Å². The molecule has 0 amide bonds. The summed E-state index contributed by atoms with van der Waals surface area (Å²) in [6.07, 6.45) is 2.49. The maximum Gasteiger partial charge on any atom is 0.322 e. The number of hydrogen-bond acceptors (Lipinski definition) is 4. The first-order chi connectivity index (χ1) is 5.14. The van der Waals surface area contributed by atoms with E-state index >= 15 is 0 Å². The Morgan fingerprint density at radius 2 is 2.18 bits per heavy atom. The number of carbonyl (C=O) groups is 2. The number of Topliss-reactive ketones (excluding diaryl/α,β-unsaturated/α-hetero) is 1. The number of rotatable bonds is 2. The number of carbonyl (C=O) groups excluding carboxylic acids is 2. The van der Waals surface area contributed by atoms with Crippen LogP contribution in [0.2, 0.25) is 0 Å². The Morgan fingerprint density at radius 1 is 1.64 bits per heavy atom. The van der Waals surface area contributed by atoms with Crippen LogP contribution in [-0.4, -0.2) is 29.9 Å². The molecule has 0 aromatic heterocycles. The normalized spacial score (nSPS) is 20.7. The van der Waals surface area contributed by atoms with Crippen LogP contribution in [0.5, 0.6) is 0 Å². The fraction of sp³-hybridized carbons (Fsp3) is 0.714. The molecule has 4 heteroatoms. The molecule has 0 N–H and O–H groups in total. The van der Waals surface area contributed by atoms with Crippen molar-refractivity contribution in [2.24, 2.45) is 0 Å². The maximum atomic E-state index is 11.1. The molecule has 0 aromatic rings. The minimum Gasteiger partial charge on any atom is -0.468 e. The molecule has 1 fully saturated rings. The minimum absolute atomic E-state index is 0.143. The number of ether oxygens (including phenoxy) is 1. The summed E-state index contributed by atoms with van der Waals surface area (Å²) < 4.78 is 4.03. The van der Waals surface area contributed by atoms with Crippen molar-refractivity contribution in [3.8, 4) is 0 Å². The Balaban J connectivity index is 2.64. The van der Waals surface area contributed by atoms with Gasteiger partial charge in [0.05, 0.1) is 7.11 Å². The largest absolute Gasteiger partial charge is 0.468 e. The summed E-state index contributed by atoms with van der Waals surface area (Å²) in [6.45, 7) is 0. The van der Waals surface area contributed by atoms with Crippen LogP contribution < -0.4 is 0 Å². The molecule has 1 saturated carbocycles. The van der Waals surface area contributed by atoms with Crippen molar-refractivity contribution in [1.29, 1.82) is 0 Å². The van der Waals surface area contributed by atoms with E-state index in [1.54, 1.807) is 0 Å². The van der Waals surface area contributed by atoms with Gasteiger partial charge in [-0.3, -0.25) is 9.59 Å². The van der Waals surface area contributed by atoms with Gasteiger partial charge in [0.25, 0.3) is 0 Å². The quantitative estimate of drug-likeness (QED) is 0.576. The lowest BCUT2D eigenvalue weighted by atomic mass is 9.83. The molecule has 0 heterocycles. The van der Waals surface area contributed by atoms with Gasteiger partial charge in [-0.1, -0.05) is 0 Å². The third-order valence-electron chi connectivity index (χ3n) is 1.91. The van der Waals surface area contributed by atoms with Crippen LogP contribution in [0.15, 0.2) is 0 Å². The van der Waals surface area contributed by atoms with E-state index in [2.05, 4.69) is 4.74 Å². The van der Waals surface area contributed by atoms with Crippen LogP contribution in [0.4, 0.5) is 0 Å². The van der Waals surface area contributed by atoms with Crippen LogP contribution in [0.25, 0.3) is 0 Å². The standard InChI is InChI=1S/C7H10O3S/c1-10-6(9)7(11-2)3-5(8)4-7/h3-4H2,1-2H3. The highest BCUT2D eigenvalue weighted by Gasteiger charge is 2.50. The average molecular weight is 174 g/mol. The summed E-state index contributed by atoms with van der Waals surface area (Å²) in [5.41, 5.74) is 0. The summed E-state index contributed by atoms with van der Waals surface area (Å²) in [4.78, 5) is 21.8. The first-order valence-corrected chi connectivity index (χ1v) is 4.52. The third kappa shape index (κ3) is 1.27. The lowest BCUT2D eigenvalue weighted by Gasteiger charge is -2.35. The van der Waals surface area contributed by atoms with Gasteiger partial charge >= 0.3 is 5.97 Å². The second kappa shape index (κ2) is 2.85. The lowest BCUT2D eigenvalue weighted by Crippen LogP contribution is -2.48. The predicted molar refractivity (Wildman–Crippen MR) is 42.5 cm³/mol. The second-order valence-electron chi connectivity index (χ2n) is 2.58. The van der Waals surface area contributed by atoms with E-state index in [1.165, 1.54) is 18.9 Å². The van der Waals surface area contributed by atoms with Gasteiger partial charge in [-0.25, -0.2) is 0 Å². The van der Waals surface area contributed by atoms with E-state index in [4.69, 9.17) is 0 Å². The smallest absolute Gasteiger partial charge is 0.322 e. The van der Waals surface area contributed by atoms with Crippen LogP contribution >= 0.6 is 11.8 Å². The van der Waals surface area contributed by atoms with Gasteiger partial charge in [-0.15, -0.1) is 11.8 Å². The van der Waals surface area contributed by atoms with E-state index < -0.39 is 4.75 Å². The van der Waals surface area contributed by atoms with Crippen molar-refractivity contribution in [3.63, 3.8) is 0 Å². The molecule has 3 nitrogen and oxygen atoms in total. The zero-order valence-corrected chi connectivity index (χ0v) is 7.36. The Morgan fingerprint density at radius 3 is 2.45 bits per heavy atom. The molecule has 1 aliphatic carbocycles. The van der Waals surface area contributed by atoms with Crippen LogP contribution in [-0.2, 0) is 14.3 Å². The Hall–Kier alpha value is -0.510. The van der Waals surface area contributed by atoms with Crippen molar-refractivity contribution in [3.05, 3.63) is 0 Å². The molecular formula is C7H10O3S. The van der Waals surface area contributed by atoms with Crippen molar-refractivity contribution < 1.29 is 14.3 Å². The van der Waals surface area contributed by atoms with E-state index in [0.717, 1.165) is 0 Å². The number of ketones is 1. The zero-order chi connectivity index (χ0) is 8.48. The highest BCUT2D eigenvalue weighted by Crippen LogP contribution is 2.41. The summed E-state index contributed by atoms with van der Waals surface area (Å²) in [7, 11) is 1.35. The first-order valence-electron chi connectivity index (χ1n) is 3.30. The predicted octanol–water partition coefficient (Wildman–Crippen LogP) is 0.624. The maximum absolute atomic E-state index is 11.1. The van der Waals surface area contributed by atoms with Gasteiger partial charge in [0.15, 0.2) is 0 Å². The fourth-order valence-electron chi connectivity index (χ4n) is 1.14. The van der Waals surface area contributed by atoms with Crippen molar-refractivity contribution in [2.45, 2.75) is 17.6 Å². The average Bonchev–Trinajstić information content (AvgIpc) is 1.96. The Bertz CT molecular complexity index is 192. The summed E-state index contributed by atoms with van der Waals surface area (Å²) in [6, 6.07) is 0. The molecule has 1 rings (SSSR count). The third-order valence-corrected chi connectivity index (χ3v) is 3.15. The lowest BCUT2D eigenvalue weighted by molar-refractivity contribution is -0.150. The van der Waals surface area contributed by atoms with Gasteiger partial charge in [0, 0.05) is 12.8 Å². The van der Waals surface area contributed by atoms with E-state index in [-0.39, 0.29) is 11.8 Å². The molecule has 0 radical (unpaired) electrons. The van der Waals surface area contributed by atoms with E-state index in [0.29, 0.717) is 12.8 Å². The molecule has 1 aliphatic rings. The molecule has 0 saturated heterocycles. The van der Waals surface area contributed by atoms with Crippen molar-refractivity contribution >= 4 is 23.5 Å². The topological polar surface area (TPSA) is 43.4 Å². The Labute approximate surface area is 69.5 Å². The highest BCUT2D eigenvalue weighted by atomic mass is 32.2. The van der Waals surface area contributed by atoms with Crippen LogP contribution in [0.1, 0.15) is 12.8 Å². The number of thioether (sulfide) groups is 1. The minimum atomic E-state index is -0.550. The number of esters is 1.